The van der Waals surface area contributed by atoms with E-state index in [2.05, 4.69) is 21.3 Å². The molecule has 6 N–H and O–H groups in total. The van der Waals surface area contributed by atoms with E-state index in [1.165, 1.54) is 40.0 Å². The van der Waals surface area contributed by atoms with Crippen LogP contribution in [0.3, 0.4) is 0 Å². The highest BCUT2D eigenvalue weighted by molar-refractivity contribution is 5.97. The van der Waals surface area contributed by atoms with E-state index in [1.54, 1.807) is 24.3 Å². The molecule has 1 rings (SSSR count). The second kappa shape index (κ2) is 23.8. The van der Waals surface area contributed by atoms with E-state index in [4.69, 9.17) is 10.5 Å². The summed E-state index contributed by atoms with van der Waals surface area (Å²) in [6, 6.07) is -6.20. The Balaban J connectivity index is 3.39. The molecule has 1 aliphatic rings. The van der Waals surface area contributed by atoms with E-state index in [9.17, 15) is 33.6 Å². The first kappa shape index (κ1) is 44.5. The number of carbonyl (C=O) groups excluding carboxylic acids is 7. The molecular weight excluding hydrogens is 668 g/mol. The van der Waals surface area contributed by atoms with Crippen LogP contribution in [-0.2, 0) is 38.3 Å². The maximum Gasteiger partial charge on any atom is 0.329 e. The highest BCUT2D eigenvalue weighted by Crippen LogP contribution is 2.14. The van der Waals surface area contributed by atoms with Crippen molar-refractivity contribution in [3.8, 4) is 0 Å². The highest BCUT2D eigenvalue weighted by atomic mass is 16.5. The maximum atomic E-state index is 13.9. The highest BCUT2D eigenvalue weighted by Gasteiger charge is 2.38. The molecule has 0 spiro atoms. The summed E-state index contributed by atoms with van der Waals surface area (Å²) in [5.41, 5.74) is 5.28. The van der Waals surface area contributed by atoms with E-state index < -0.39 is 77.7 Å². The molecule has 0 radical (unpaired) electrons. The fourth-order valence-electron chi connectivity index (χ4n) is 4.75. The van der Waals surface area contributed by atoms with Gasteiger partial charge in [-0.25, -0.2) is 4.79 Å². The Kier molecular flexibility index (Phi) is 20.4. The van der Waals surface area contributed by atoms with Crippen molar-refractivity contribution in [1.29, 1.82) is 0 Å². The number of ether oxygens (including phenoxy) is 1. The summed E-state index contributed by atoms with van der Waals surface area (Å²) >= 11 is 0. The van der Waals surface area contributed by atoms with E-state index >= 15 is 0 Å². The minimum atomic E-state index is -1.45. The quantitative estimate of drug-likeness (QED) is 0.108. The summed E-state index contributed by atoms with van der Waals surface area (Å²) in [4.78, 5) is 92.3. The molecule has 1 heterocycles. The minimum absolute atomic E-state index is 0.0744. The van der Waals surface area contributed by atoms with Crippen molar-refractivity contribution >= 4 is 41.4 Å². The summed E-state index contributed by atoms with van der Waals surface area (Å²) in [6.45, 7) is 9.79. The van der Waals surface area contributed by atoms with Crippen LogP contribution in [0.1, 0.15) is 60.8 Å². The number of allylic oxidation sites excluding steroid dienone is 13. The predicted molar refractivity (Wildman–Crippen MR) is 199 cm³/mol. The van der Waals surface area contributed by atoms with Crippen LogP contribution in [0.15, 0.2) is 85.1 Å². The number of hydrogen-bond acceptors (Lipinski definition) is 8. The van der Waals surface area contributed by atoms with Crippen LogP contribution in [0.4, 0.5) is 0 Å². The van der Waals surface area contributed by atoms with Gasteiger partial charge in [-0.15, -0.1) is 0 Å². The van der Waals surface area contributed by atoms with Gasteiger partial charge in [0, 0.05) is 19.5 Å². The fraction of sp³-hybridized carbons (Fsp3) is 0.447. The normalized spacial score (nSPS) is 24.7. The first-order valence-corrected chi connectivity index (χ1v) is 17.2. The average Bonchev–Trinajstić information content (AvgIpc) is 3.07. The number of nitrogens with one attached hydrogen (secondary N) is 4. The molecule has 6 atom stereocenters. The van der Waals surface area contributed by atoms with Gasteiger partial charge >= 0.3 is 5.97 Å². The van der Waals surface area contributed by atoms with E-state index in [0.29, 0.717) is 0 Å². The van der Waals surface area contributed by atoms with Crippen LogP contribution >= 0.6 is 0 Å². The maximum absolute atomic E-state index is 13.9. The van der Waals surface area contributed by atoms with Gasteiger partial charge < -0.3 is 36.6 Å². The van der Waals surface area contributed by atoms with Crippen LogP contribution in [0, 0.1) is 5.92 Å². The van der Waals surface area contributed by atoms with Gasteiger partial charge in [0.25, 0.3) is 0 Å². The number of nitrogens with zero attached hydrogens (tertiary/aromatic N) is 1. The van der Waals surface area contributed by atoms with Gasteiger partial charge in [0.05, 0.1) is 0 Å². The Morgan fingerprint density at radius 2 is 1.17 bits per heavy atom. The summed E-state index contributed by atoms with van der Waals surface area (Å²) in [5.74, 6) is -5.37. The Morgan fingerprint density at radius 1 is 0.712 bits per heavy atom. The van der Waals surface area contributed by atoms with Gasteiger partial charge in [-0.3, -0.25) is 28.8 Å². The SMILES string of the molecule is C/C=C/C=C/C=C/C=C/C=C/C=C/C=C/C(=O)N(C)C1C(=O)NC(CC(C)C)C(=O)NC(C)C(=O)NC(C)C(=O)NC(CCC(N)=O)C(=O)OC1C. The number of esters is 1. The standard InChI is InChI=1S/C38H54N6O8/c1-8-9-10-11-12-13-14-15-16-17-18-19-20-21-32(46)44(7)33-28(6)52-38(51)29(22-23-31(39)45)42-35(48)27(5)40-34(47)26(4)41-36(49)30(24-25(2)3)43-37(33)50/h8-21,25-30,33H,22-24H2,1-7H3,(H2,39,45)(H,40,47)(H,41,49)(H,42,48)(H,43,50)/b9-8+,11-10+,13-12+,15-14+,17-16+,19-18+,21-20+. The third-order valence-electron chi connectivity index (χ3n) is 7.56. The Morgan fingerprint density at radius 3 is 1.67 bits per heavy atom. The molecule has 14 nitrogen and oxygen atoms in total. The Labute approximate surface area is 306 Å². The number of cyclic esters (lactones) is 1. The smallest absolute Gasteiger partial charge is 0.329 e. The summed E-state index contributed by atoms with van der Waals surface area (Å²) in [5, 5.41) is 10.2. The summed E-state index contributed by atoms with van der Waals surface area (Å²) < 4.78 is 5.62. The zero-order chi connectivity index (χ0) is 39.2. The third-order valence-corrected chi connectivity index (χ3v) is 7.56. The van der Waals surface area contributed by atoms with Gasteiger partial charge in [-0.1, -0.05) is 92.8 Å². The lowest BCUT2D eigenvalue weighted by molar-refractivity contribution is -0.160. The van der Waals surface area contributed by atoms with Crippen LogP contribution in [0.5, 0.6) is 0 Å². The number of likely N-dealkylation sites (N-methyl/N-ethyl adjacent to an activating group) is 1. The molecule has 0 saturated carbocycles. The zero-order valence-electron chi connectivity index (χ0n) is 31.0. The van der Waals surface area contributed by atoms with E-state index in [1.807, 2.05) is 69.4 Å². The fourth-order valence-corrected chi connectivity index (χ4v) is 4.75. The second-order valence-corrected chi connectivity index (χ2v) is 12.6. The average molecular weight is 723 g/mol. The van der Waals surface area contributed by atoms with Gasteiger partial charge in [0.2, 0.25) is 35.4 Å². The van der Waals surface area contributed by atoms with Gasteiger partial charge in [0.1, 0.15) is 36.3 Å². The number of primary amides is 1. The van der Waals surface area contributed by atoms with Crippen LogP contribution in [-0.4, -0.2) is 89.7 Å². The number of carbonyl (C=O) groups is 7. The number of nitrogens with two attached hydrogens (primary N) is 1. The number of amides is 6. The van der Waals surface area contributed by atoms with Crippen molar-refractivity contribution < 1.29 is 38.3 Å². The molecule has 1 aliphatic heterocycles. The molecule has 6 amide bonds. The molecular formula is C38H54N6O8. The monoisotopic (exact) mass is 722 g/mol. The van der Waals surface area contributed by atoms with Gasteiger partial charge in [0.15, 0.2) is 0 Å². The lowest BCUT2D eigenvalue weighted by Gasteiger charge is -2.33. The van der Waals surface area contributed by atoms with E-state index in [0.717, 1.165) is 4.90 Å². The molecule has 0 aromatic carbocycles. The van der Waals surface area contributed by atoms with Crippen molar-refractivity contribution in [2.75, 3.05) is 7.05 Å². The predicted octanol–water partition coefficient (Wildman–Crippen LogP) is 1.96. The van der Waals surface area contributed by atoms with Crippen LogP contribution in [0.25, 0.3) is 0 Å². The Hall–Kier alpha value is -5.53. The van der Waals surface area contributed by atoms with Crippen molar-refractivity contribution in [1.82, 2.24) is 26.2 Å². The molecule has 0 bridgehead atoms. The van der Waals surface area contributed by atoms with Gasteiger partial charge in [-0.05, 0) is 46.5 Å². The Bertz CT molecular complexity index is 1470. The number of hydrogen-bond donors (Lipinski definition) is 5. The molecule has 6 unspecified atom stereocenters. The first-order valence-electron chi connectivity index (χ1n) is 17.2. The molecule has 0 aromatic heterocycles. The molecule has 1 fully saturated rings. The van der Waals surface area contributed by atoms with Crippen LogP contribution in [0.2, 0.25) is 0 Å². The van der Waals surface area contributed by atoms with Crippen molar-refractivity contribution in [2.45, 2.75) is 97.1 Å². The lowest BCUT2D eigenvalue weighted by Crippen LogP contribution is -2.61. The zero-order valence-corrected chi connectivity index (χ0v) is 31.0. The second-order valence-electron chi connectivity index (χ2n) is 12.6. The molecule has 0 aromatic rings. The summed E-state index contributed by atoms with van der Waals surface area (Å²) in [7, 11) is 1.34. The summed E-state index contributed by atoms with van der Waals surface area (Å²) in [6.07, 6.45) is 23.0. The molecule has 14 heteroatoms. The van der Waals surface area contributed by atoms with E-state index in [-0.39, 0.29) is 25.2 Å². The van der Waals surface area contributed by atoms with Crippen molar-refractivity contribution in [3.05, 3.63) is 85.1 Å². The molecule has 284 valence electrons. The van der Waals surface area contributed by atoms with Crippen LogP contribution < -0.4 is 27.0 Å². The minimum Gasteiger partial charge on any atom is -0.458 e. The topological polar surface area (TPSA) is 206 Å². The molecule has 52 heavy (non-hydrogen) atoms. The largest absolute Gasteiger partial charge is 0.458 e. The molecule has 0 aliphatic carbocycles. The number of rotatable bonds is 13. The van der Waals surface area contributed by atoms with Gasteiger partial charge in [-0.2, -0.15) is 0 Å². The van der Waals surface area contributed by atoms with Crippen molar-refractivity contribution in [2.24, 2.45) is 11.7 Å². The lowest BCUT2D eigenvalue weighted by atomic mass is 10.0. The third kappa shape index (κ3) is 16.9. The van der Waals surface area contributed by atoms with Crippen molar-refractivity contribution in [3.63, 3.8) is 0 Å². The first-order chi connectivity index (χ1) is 24.6. The molecule has 1 saturated heterocycles.